The van der Waals surface area contributed by atoms with E-state index in [2.05, 4.69) is 20.5 Å². The van der Waals surface area contributed by atoms with E-state index in [-0.39, 0.29) is 0 Å². The Bertz CT molecular complexity index is 35.2. The van der Waals surface area contributed by atoms with Crippen molar-refractivity contribution in [1.82, 2.24) is 0 Å². The summed E-state index contributed by atoms with van der Waals surface area (Å²) in [5, 5.41) is 0. The summed E-state index contributed by atoms with van der Waals surface area (Å²) in [6, 6.07) is 0. The lowest BCUT2D eigenvalue weighted by atomic mass is 10.3. The van der Waals surface area contributed by atoms with Crippen LogP contribution in [0.15, 0.2) is 0 Å². The van der Waals surface area contributed by atoms with Crippen LogP contribution in [0.3, 0.4) is 0 Å². The highest BCUT2D eigenvalue weighted by Crippen LogP contribution is 2.17. The van der Waals surface area contributed by atoms with Crippen molar-refractivity contribution in [2.45, 2.75) is 32.3 Å². The standard InChI is InChI=1S/C6H14P/c1-4-5-6(2)7-3/h6H,4-5H2,1-3H3/q-1. The van der Waals surface area contributed by atoms with Gasteiger partial charge in [0.05, 0.1) is 0 Å². The fourth-order valence-corrected chi connectivity index (χ4v) is 1.06. The van der Waals surface area contributed by atoms with Crippen LogP contribution in [0.25, 0.3) is 0 Å². The van der Waals surface area contributed by atoms with E-state index < -0.39 is 0 Å². The molecule has 1 atom stereocenters. The molecule has 0 aromatic rings. The maximum atomic E-state index is 2.30. The average molecular weight is 117 g/mol. The van der Waals surface area contributed by atoms with Crippen molar-refractivity contribution in [3.8, 4) is 0 Å². The quantitative estimate of drug-likeness (QED) is 0.498. The second kappa shape index (κ2) is 4.59. The van der Waals surface area contributed by atoms with Gasteiger partial charge in [0.15, 0.2) is 0 Å². The van der Waals surface area contributed by atoms with Crippen molar-refractivity contribution in [2.75, 3.05) is 6.66 Å². The molecule has 0 nitrogen and oxygen atoms in total. The van der Waals surface area contributed by atoms with Gasteiger partial charge in [0, 0.05) is 0 Å². The van der Waals surface area contributed by atoms with Crippen LogP contribution in [-0.2, 0) is 0 Å². The van der Waals surface area contributed by atoms with Gasteiger partial charge in [-0.1, -0.05) is 26.7 Å². The Balaban J connectivity index is 2.83. The van der Waals surface area contributed by atoms with Crippen molar-refractivity contribution >= 4 is 8.58 Å². The highest BCUT2D eigenvalue weighted by Gasteiger charge is 1.80. The Kier molecular flexibility index (Phi) is 4.87. The molecule has 0 amide bonds. The fourth-order valence-electron chi connectivity index (χ4n) is 0.547. The Morgan fingerprint density at radius 3 is 2.29 bits per heavy atom. The number of hydrogen-bond donors (Lipinski definition) is 0. The van der Waals surface area contributed by atoms with Gasteiger partial charge in [-0.05, 0) is 0 Å². The molecule has 0 aliphatic rings. The van der Waals surface area contributed by atoms with Gasteiger partial charge in [-0.2, -0.15) is 12.3 Å². The lowest BCUT2D eigenvalue weighted by Gasteiger charge is -2.19. The van der Waals surface area contributed by atoms with Crippen molar-refractivity contribution in [1.29, 1.82) is 0 Å². The normalized spacial score (nSPS) is 15.9. The second-order valence-corrected chi connectivity index (χ2v) is 3.29. The fraction of sp³-hybridized carbons (Fsp3) is 1.00. The molecular weight excluding hydrogens is 103 g/mol. The topological polar surface area (TPSA) is 0 Å². The third-order valence-electron chi connectivity index (χ3n) is 1.15. The van der Waals surface area contributed by atoms with Gasteiger partial charge in [0.2, 0.25) is 0 Å². The monoisotopic (exact) mass is 117 g/mol. The molecule has 0 aromatic heterocycles. The lowest BCUT2D eigenvalue weighted by Crippen LogP contribution is -1.89. The molecule has 0 fully saturated rings. The van der Waals surface area contributed by atoms with Gasteiger partial charge in [0.1, 0.15) is 0 Å². The average Bonchev–Trinajstić information content (AvgIpc) is 1.68. The lowest BCUT2D eigenvalue weighted by molar-refractivity contribution is 0.784. The minimum atomic E-state index is 0.921. The first kappa shape index (κ1) is 7.43. The van der Waals surface area contributed by atoms with E-state index in [1.807, 2.05) is 0 Å². The van der Waals surface area contributed by atoms with Crippen LogP contribution in [0.5, 0.6) is 0 Å². The van der Waals surface area contributed by atoms with Crippen LogP contribution < -0.4 is 0 Å². The summed E-state index contributed by atoms with van der Waals surface area (Å²) in [4.78, 5) is 0. The highest BCUT2D eigenvalue weighted by molar-refractivity contribution is 7.37. The second-order valence-electron chi connectivity index (χ2n) is 1.90. The maximum Gasteiger partial charge on any atom is -0.0582 e. The molecular formula is C6H14P-. The van der Waals surface area contributed by atoms with Crippen LogP contribution in [0.2, 0.25) is 0 Å². The van der Waals surface area contributed by atoms with E-state index in [0.717, 1.165) is 5.66 Å². The Hall–Kier alpha value is 0.430. The molecule has 0 heterocycles. The Labute approximate surface area is 48.5 Å². The van der Waals surface area contributed by atoms with Crippen molar-refractivity contribution in [3.63, 3.8) is 0 Å². The van der Waals surface area contributed by atoms with Gasteiger partial charge in [-0.3, -0.25) is 0 Å². The van der Waals surface area contributed by atoms with Crippen molar-refractivity contribution in [3.05, 3.63) is 0 Å². The molecule has 0 radical (unpaired) electrons. The molecule has 0 aromatic carbocycles. The minimum Gasteiger partial charge on any atom is -0.540 e. The molecule has 0 rings (SSSR count). The number of hydrogen-bond acceptors (Lipinski definition) is 0. The molecule has 1 unspecified atom stereocenters. The zero-order valence-electron chi connectivity index (χ0n) is 5.44. The van der Waals surface area contributed by atoms with E-state index in [4.69, 9.17) is 0 Å². The summed E-state index contributed by atoms with van der Waals surface area (Å²) < 4.78 is 0. The predicted octanol–water partition coefficient (Wildman–Crippen LogP) is 2.75. The summed E-state index contributed by atoms with van der Waals surface area (Å²) in [6.07, 6.45) is 2.72. The van der Waals surface area contributed by atoms with Crippen LogP contribution >= 0.6 is 8.58 Å². The first-order chi connectivity index (χ1) is 3.31. The minimum absolute atomic E-state index is 0.921. The summed E-state index contributed by atoms with van der Waals surface area (Å²) >= 11 is 0. The van der Waals surface area contributed by atoms with Gasteiger partial charge in [-0.15, -0.1) is 0 Å². The largest absolute Gasteiger partial charge is 0.540 e. The summed E-state index contributed by atoms with van der Waals surface area (Å²) in [5.74, 6) is 0. The van der Waals surface area contributed by atoms with Gasteiger partial charge < -0.3 is 8.58 Å². The Morgan fingerprint density at radius 1 is 1.57 bits per heavy atom. The van der Waals surface area contributed by atoms with E-state index >= 15 is 0 Å². The molecule has 0 N–H and O–H groups in total. The van der Waals surface area contributed by atoms with Gasteiger partial charge >= 0.3 is 0 Å². The molecule has 0 saturated heterocycles. The predicted molar refractivity (Wildman–Crippen MR) is 37.2 cm³/mol. The molecule has 0 bridgehead atoms. The third-order valence-corrected chi connectivity index (χ3v) is 2.29. The zero-order chi connectivity index (χ0) is 5.70. The first-order valence-electron chi connectivity index (χ1n) is 2.90. The summed E-state index contributed by atoms with van der Waals surface area (Å²) in [6.45, 7) is 6.76. The highest BCUT2D eigenvalue weighted by atomic mass is 31.1. The van der Waals surface area contributed by atoms with E-state index in [0.29, 0.717) is 0 Å². The van der Waals surface area contributed by atoms with Crippen molar-refractivity contribution < 1.29 is 0 Å². The van der Waals surface area contributed by atoms with Crippen LogP contribution in [-0.4, -0.2) is 12.3 Å². The van der Waals surface area contributed by atoms with Crippen LogP contribution in [0, 0.1) is 0 Å². The molecule has 0 aliphatic carbocycles. The molecule has 1 heteroatoms. The summed E-state index contributed by atoms with van der Waals surface area (Å²) in [5.41, 5.74) is 0.921. The summed E-state index contributed by atoms with van der Waals surface area (Å²) in [7, 11) is 1.54. The van der Waals surface area contributed by atoms with E-state index in [1.165, 1.54) is 12.8 Å². The number of rotatable bonds is 3. The molecule has 0 saturated carbocycles. The van der Waals surface area contributed by atoms with Crippen LogP contribution in [0.1, 0.15) is 26.7 Å². The van der Waals surface area contributed by atoms with E-state index in [1.54, 1.807) is 8.58 Å². The van der Waals surface area contributed by atoms with Crippen LogP contribution in [0.4, 0.5) is 0 Å². The SMILES string of the molecule is CCCC(C)[P-]C. The van der Waals surface area contributed by atoms with Gasteiger partial charge in [0.25, 0.3) is 0 Å². The Morgan fingerprint density at radius 2 is 2.14 bits per heavy atom. The zero-order valence-corrected chi connectivity index (χ0v) is 6.33. The third kappa shape index (κ3) is 4.28. The van der Waals surface area contributed by atoms with Crippen molar-refractivity contribution in [2.24, 2.45) is 0 Å². The van der Waals surface area contributed by atoms with Gasteiger partial charge in [-0.25, -0.2) is 0 Å². The smallest absolute Gasteiger partial charge is 0.0582 e. The molecule has 44 valence electrons. The molecule has 0 aliphatic heterocycles. The first-order valence-corrected chi connectivity index (χ1v) is 4.31. The maximum absolute atomic E-state index is 2.30. The molecule has 7 heavy (non-hydrogen) atoms. The molecule has 0 spiro atoms. The van der Waals surface area contributed by atoms with E-state index in [9.17, 15) is 0 Å².